The summed E-state index contributed by atoms with van der Waals surface area (Å²) >= 11 is 0. The third kappa shape index (κ3) is 4.21. The number of rotatable bonds is 8. The first-order valence-electron chi connectivity index (χ1n) is 12.4. The molecular formula is C26H40O4. The van der Waals surface area contributed by atoms with E-state index in [4.69, 9.17) is 9.47 Å². The highest BCUT2D eigenvalue weighted by Crippen LogP contribution is 2.67. The van der Waals surface area contributed by atoms with Crippen molar-refractivity contribution < 1.29 is 19.1 Å². The standard InChI is InChI=1S/C26H40O4/c1-4-23(27)29-12-6-5-7-24(28)30-26(20-10-8-18(2)9-11-20)21-13-19-14-22(26)17-25(3,15-19)16-21/h4,18-22H,1,5-17H2,2-3H3. The highest BCUT2D eigenvalue weighted by Gasteiger charge is 2.65. The molecule has 5 fully saturated rings. The van der Waals surface area contributed by atoms with Gasteiger partial charge in [0.15, 0.2) is 0 Å². The molecule has 0 saturated heterocycles. The lowest BCUT2D eigenvalue weighted by Crippen LogP contribution is -2.65. The van der Waals surface area contributed by atoms with E-state index in [2.05, 4.69) is 20.4 Å². The predicted molar refractivity (Wildman–Crippen MR) is 117 cm³/mol. The van der Waals surface area contributed by atoms with Crippen LogP contribution in [0.25, 0.3) is 0 Å². The Morgan fingerprint density at radius 3 is 2.27 bits per heavy atom. The Bertz CT molecular complexity index is 644. The molecule has 0 spiro atoms. The maximum atomic E-state index is 13.0. The van der Waals surface area contributed by atoms with Crippen molar-refractivity contribution in [3.05, 3.63) is 12.7 Å². The Kier molecular flexibility index (Phi) is 6.33. The van der Waals surface area contributed by atoms with Gasteiger partial charge < -0.3 is 9.47 Å². The molecule has 0 radical (unpaired) electrons. The van der Waals surface area contributed by atoms with E-state index in [0.29, 0.717) is 49.0 Å². The number of carbonyl (C=O) groups is 2. The molecule has 0 N–H and O–H groups in total. The van der Waals surface area contributed by atoms with E-state index < -0.39 is 5.97 Å². The van der Waals surface area contributed by atoms with Crippen molar-refractivity contribution in [2.24, 2.45) is 35.0 Å². The number of unbranched alkanes of at least 4 members (excludes halogenated alkanes) is 1. The molecule has 2 unspecified atom stereocenters. The molecule has 4 bridgehead atoms. The van der Waals surface area contributed by atoms with Gasteiger partial charge in [-0.25, -0.2) is 4.79 Å². The molecule has 5 saturated carbocycles. The van der Waals surface area contributed by atoms with Crippen molar-refractivity contribution in [3.8, 4) is 0 Å². The van der Waals surface area contributed by atoms with Crippen molar-refractivity contribution in [2.75, 3.05) is 6.61 Å². The molecule has 4 nitrogen and oxygen atoms in total. The van der Waals surface area contributed by atoms with Gasteiger partial charge >= 0.3 is 11.9 Å². The molecule has 2 atom stereocenters. The molecule has 0 heterocycles. The fourth-order valence-electron chi connectivity index (χ4n) is 7.87. The summed E-state index contributed by atoms with van der Waals surface area (Å²) in [7, 11) is 0. The van der Waals surface area contributed by atoms with E-state index >= 15 is 0 Å². The Morgan fingerprint density at radius 2 is 1.67 bits per heavy atom. The Labute approximate surface area is 182 Å². The molecule has 30 heavy (non-hydrogen) atoms. The molecule has 5 aliphatic carbocycles. The van der Waals surface area contributed by atoms with Crippen LogP contribution in [0.3, 0.4) is 0 Å². The summed E-state index contributed by atoms with van der Waals surface area (Å²) in [6.45, 7) is 8.59. The summed E-state index contributed by atoms with van der Waals surface area (Å²) in [6.07, 6.45) is 14.4. The largest absolute Gasteiger partial charge is 0.463 e. The lowest BCUT2D eigenvalue weighted by molar-refractivity contribution is -0.246. The molecule has 5 rings (SSSR count). The van der Waals surface area contributed by atoms with Gasteiger partial charge in [-0.15, -0.1) is 0 Å². The van der Waals surface area contributed by atoms with Gasteiger partial charge in [0.05, 0.1) is 6.61 Å². The van der Waals surface area contributed by atoms with Crippen molar-refractivity contribution in [3.63, 3.8) is 0 Å². The van der Waals surface area contributed by atoms with Gasteiger partial charge in [-0.05, 0) is 81.0 Å². The van der Waals surface area contributed by atoms with E-state index in [1.54, 1.807) is 0 Å². The molecule has 4 heteroatoms. The van der Waals surface area contributed by atoms with Crippen molar-refractivity contribution >= 4 is 11.9 Å². The van der Waals surface area contributed by atoms with Gasteiger partial charge in [-0.3, -0.25) is 4.79 Å². The highest BCUT2D eigenvalue weighted by atomic mass is 16.6. The average Bonchev–Trinajstić information content (AvgIpc) is 2.70. The minimum absolute atomic E-state index is 0.0266. The van der Waals surface area contributed by atoms with E-state index in [-0.39, 0.29) is 11.6 Å². The second kappa shape index (κ2) is 8.67. The van der Waals surface area contributed by atoms with Crippen LogP contribution >= 0.6 is 0 Å². The van der Waals surface area contributed by atoms with Crippen LogP contribution in [0.15, 0.2) is 12.7 Å². The predicted octanol–water partition coefficient (Wildman–Crippen LogP) is 5.84. The lowest BCUT2D eigenvalue weighted by atomic mass is 9.42. The second-order valence-electron chi connectivity index (χ2n) is 11.3. The molecule has 0 aromatic carbocycles. The smallest absolute Gasteiger partial charge is 0.330 e. The van der Waals surface area contributed by atoms with Crippen LogP contribution in [-0.2, 0) is 19.1 Å². The Morgan fingerprint density at radius 1 is 1.00 bits per heavy atom. The van der Waals surface area contributed by atoms with E-state index in [0.717, 1.165) is 11.8 Å². The number of hydrogen-bond acceptors (Lipinski definition) is 4. The quantitative estimate of drug-likeness (QED) is 0.283. The van der Waals surface area contributed by atoms with Gasteiger partial charge in [0.2, 0.25) is 0 Å². The Hall–Kier alpha value is -1.32. The summed E-state index contributed by atoms with van der Waals surface area (Å²) in [5.41, 5.74) is 0.270. The van der Waals surface area contributed by atoms with Gasteiger partial charge in [-0.1, -0.05) is 33.3 Å². The fraction of sp³-hybridized carbons (Fsp3) is 0.846. The van der Waals surface area contributed by atoms with Crippen LogP contribution in [0.2, 0.25) is 0 Å². The summed E-state index contributed by atoms with van der Waals surface area (Å²) in [6, 6.07) is 0. The van der Waals surface area contributed by atoms with Gasteiger partial charge in [0, 0.05) is 24.3 Å². The van der Waals surface area contributed by atoms with Crippen LogP contribution in [0.4, 0.5) is 0 Å². The normalized spacial score (nSPS) is 42.0. The van der Waals surface area contributed by atoms with E-state index in [1.807, 2.05) is 0 Å². The average molecular weight is 417 g/mol. The van der Waals surface area contributed by atoms with Crippen LogP contribution in [-0.4, -0.2) is 24.1 Å². The maximum Gasteiger partial charge on any atom is 0.330 e. The zero-order valence-electron chi connectivity index (χ0n) is 19.0. The third-order valence-corrected chi connectivity index (χ3v) is 8.90. The van der Waals surface area contributed by atoms with E-state index in [9.17, 15) is 9.59 Å². The van der Waals surface area contributed by atoms with Gasteiger partial charge in [0.25, 0.3) is 0 Å². The van der Waals surface area contributed by atoms with Crippen molar-refractivity contribution in [1.82, 2.24) is 0 Å². The first kappa shape index (κ1) is 21.9. The molecule has 0 aliphatic heterocycles. The molecule has 0 amide bonds. The SMILES string of the molecule is C=CC(=O)OCCCCC(=O)OC1(C2CCC(C)CC2)C2CC3CC1CC(C)(C3)C2. The van der Waals surface area contributed by atoms with Crippen LogP contribution in [0.1, 0.15) is 90.9 Å². The van der Waals surface area contributed by atoms with Gasteiger partial charge in [-0.2, -0.15) is 0 Å². The first-order valence-corrected chi connectivity index (χ1v) is 12.4. The van der Waals surface area contributed by atoms with Gasteiger partial charge in [0.1, 0.15) is 5.60 Å². The molecular weight excluding hydrogens is 376 g/mol. The molecule has 5 aliphatic rings. The van der Waals surface area contributed by atoms with Crippen molar-refractivity contribution in [1.29, 1.82) is 0 Å². The van der Waals surface area contributed by atoms with Crippen LogP contribution in [0.5, 0.6) is 0 Å². The summed E-state index contributed by atoms with van der Waals surface area (Å²) in [4.78, 5) is 24.2. The fourth-order valence-corrected chi connectivity index (χ4v) is 7.87. The first-order chi connectivity index (χ1) is 14.3. The topological polar surface area (TPSA) is 52.6 Å². The minimum atomic E-state index is -0.398. The van der Waals surface area contributed by atoms with Crippen LogP contribution < -0.4 is 0 Å². The lowest BCUT2D eigenvalue weighted by Gasteiger charge is -2.66. The molecule has 0 aromatic heterocycles. The number of hydrogen-bond donors (Lipinski definition) is 0. The number of carbonyl (C=O) groups excluding carboxylic acids is 2. The Balaban J connectivity index is 1.42. The molecule has 0 aromatic rings. The summed E-state index contributed by atoms with van der Waals surface area (Å²) in [5, 5.41) is 0. The monoisotopic (exact) mass is 416 g/mol. The summed E-state index contributed by atoms with van der Waals surface area (Å²) < 4.78 is 11.6. The minimum Gasteiger partial charge on any atom is -0.463 e. The van der Waals surface area contributed by atoms with Crippen LogP contribution in [0, 0.1) is 35.0 Å². The zero-order valence-corrected chi connectivity index (χ0v) is 19.0. The third-order valence-electron chi connectivity index (χ3n) is 8.90. The summed E-state index contributed by atoms with van der Waals surface area (Å²) in [5.74, 6) is 2.90. The number of ether oxygens (including phenoxy) is 2. The highest BCUT2D eigenvalue weighted by molar-refractivity contribution is 5.81. The zero-order chi connectivity index (χ0) is 21.4. The molecule has 168 valence electrons. The van der Waals surface area contributed by atoms with Crippen molar-refractivity contribution in [2.45, 2.75) is 96.5 Å². The maximum absolute atomic E-state index is 13.0. The number of esters is 2. The second-order valence-corrected chi connectivity index (χ2v) is 11.3. The van der Waals surface area contributed by atoms with E-state index in [1.165, 1.54) is 63.9 Å².